The topological polar surface area (TPSA) is 101 Å². The van der Waals surface area contributed by atoms with E-state index in [0.29, 0.717) is 26.4 Å². The summed E-state index contributed by atoms with van der Waals surface area (Å²) in [4.78, 5) is 0. The normalized spacial score (nSPS) is 10.0. The highest BCUT2D eigenvalue weighted by Gasteiger charge is 2.39. The summed E-state index contributed by atoms with van der Waals surface area (Å²) in [6.45, 7) is 16.2. The third kappa shape index (κ3) is 25.1. The molecule has 0 aliphatic heterocycles. The van der Waals surface area contributed by atoms with Gasteiger partial charge in [0.2, 0.25) is 0 Å². The molecule has 0 aromatic heterocycles. The van der Waals surface area contributed by atoms with Gasteiger partial charge in [0.25, 0.3) is 0 Å². The summed E-state index contributed by atoms with van der Waals surface area (Å²) in [5.74, 6) is 0. The predicted octanol–water partition coefficient (Wildman–Crippen LogP) is 3.55. The molecule has 6 nitrogen and oxygen atoms in total. The van der Waals surface area contributed by atoms with Gasteiger partial charge in [0.1, 0.15) is 17.2 Å². The zero-order valence-corrected chi connectivity index (χ0v) is 18.5. The Morgan fingerprint density at radius 1 is 0.818 bits per heavy atom. The Morgan fingerprint density at radius 2 is 1.09 bits per heavy atom. The van der Waals surface area contributed by atoms with E-state index in [2.05, 4.69) is 0 Å². The average molecular weight is 368 g/mol. The summed E-state index contributed by atoms with van der Waals surface area (Å²) in [6.07, 6.45) is 0.895. The molecule has 4 N–H and O–H groups in total. The van der Waals surface area contributed by atoms with Crippen LogP contribution < -0.4 is 5.73 Å². The highest BCUT2D eigenvalue weighted by Crippen LogP contribution is 2.17. The Labute approximate surface area is 141 Å². The minimum atomic E-state index is -2.40. The van der Waals surface area contributed by atoms with Gasteiger partial charge >= 0.3 is 8.80 Å². The molecule has 0 aliphatic carbocycles. The second-order valence-electron chi connectivity index (χ2n) is 4.87. The van der Waals surface area contributed by atoms with E-state index in [1.165, 1.54) is 0 Å². The highest BCUT2D eigenvalue weighted by atomic mass is 28.4. The molecule has 0 saturated carbocycles. The fourth-order valence-corrected chi connectivity index (χ4v) is 3.96. The largest absolute Gasteiger partial charge is 0.500 e. The van der Waals surface area contributed by atoms with Crippen LogP contribution in [-0.2, 0) is 13.3 Å². The van der Waals surface area contributed by atoms with Crippen molar-refractivity contribution in [3.8, 4) is 0 Å². The first-order valence-electron chi connectivity index (χ1n) is 7.86. The maximum atomic E-state index is 6.69. The first-order valence-corrected chi connectivity index (χ1v) is 14.8. The van der Waals surface area contributed by atoms with E-state index in [0.717, 1.165) is 12.5 Å². The van der Waals surface area contributed by atoms with Crippen molar-refractivity contribution in [1.29, 1.82) is 10.1 Å². The molecule has 0 aromatic carbocycles. The van der Waals surface area contributed by atoms with Crippen molar-refractivity contribution in [2.75, 3.05) is 26.4 Å². The Hall–Kier alpha value is 0.0906. The van der Waals surface area contributed by atoms with Gasteiger partial charge in [-0.2, -0.15) is 0 Å². The Morgan fingerprint density at radius 3 is 1.27 bits per heavy atom. The summed E-state index contributed by atoms with van der Waals surface area (Å²) in [7, 11) is -3.66. The molecule has 0 radical (unpaired) electrons. The number of hydrogen-bond acceptors (Lipinski definition) is 6. The summed E-state index contributed by atoms with van der Waals surface area (Å²) in [6, 6.07) is 0.818. The van der Waals surface area contributed by atoms with Gasteiger partial charge in [0.15, 0.2) is 0 Å². The van der Waals surface area contributed by atoms with Gasteiger partial charge in [-0.1, -0.05) is 0 Å². The number of nitrogens with two attached hydrogens (primary N) is 1. The van der Waals surface area contributed by atoms with Crippen molar-refractivity contribution >= 4 is 26.0 Å². The predicted molar refractivity (Wildman–Crippen MR) is 99.5 cm³/mol. The molecule has 0 aliphatic rings. The van der Waals surface area contributed by atoms with Crippen LogP contribution >= 0.6 is 0 Å². The quantitative estimate of drug-likeness (QED) is 0.542. The third-order valence-corrected chi connectivity index (χ3v) is 4.93. The van der Waals surface area contributed by atoms with Gasteiger partial charge in [0.05, 0.1) is 0 Å². The molecule has 22 heavy (non-hydrogen) atoms. The monoisotopic (exact) mass is 367 g/mol. The minimum Gasteiger partial charge on any atom is -0.374 e. The standard InChI is InChI=1S/C9H23NO3Si.2C2H7NSi/c1-4-11-14(12-5-2,13-6-3)9-7-8-10;2*1-4(2)3/h4-10H2,1-3H3;2*3H,1-2H3. The van der Waals surface area contributed by atoms with E-state index in [9.17, 15) is 0 Å². The number of nitrogens with one attached hydrogen (secondary N) is 2. The van der Waals surface area contributed by atoms with E-state index in [1.54, 1.807) is 0 Å². The van der Waals surface area contributed by atoms with Crippen LogP contribution in [0.3, 0.4) is 0 Å². The lowest BCUT2D eigenvalue weighted by atomic mass is 10.5. The lowest BCUT2D eigenvalue weighted by Crippen LogP contribution is -2.46. The van der Waals surface area contributed by atoms with Gasteiger partial charge in [-0.25, -0.2) is 0 Å². The molecule has 0 fully saturated rings. The van der Waals surface area contributed by atoms with E-state index < -0.39 is 26.0 Å². The van der Waals surface area contributed by atoms with Crippen molar-refractivity contribution in [2.24, 2.45) is 5.73 Å². The molecule has 0 spiro atoms. The zero-order valence-electron chi connectivity index (χ0n) is 15.5. The summed E-state index contributed by atoms with van der Waals surface area (Å²) in [5, 5.41) is 13.4. The van der Waals surface area contributed by atoms with Crippen LogP contribution in [0.2, 0.25) is 32.2 Å². The molecule has 0 unspecified atom stereocenters. The fraction of sp³-hybridized carbons (Fsp3) is 1.00. The minimum absolute atomic E-state index is 0.630. The first-order chi connectivity index (χ1) is 10.2. The maximum absolute atomic E-state index is 6.69. The molecule has 0 atom stereocenters. The average Bonchev–Trinajstić information content (AvgIpc) is 2.36. The Kier molecular flexibility index (Phi) is 23.5. The number of rotatable bonds is 9. The van der Waals surface area contributed by atoms with Crippen molar-refractivity contribution in [1.82, 2.24) is 0 Å². The van der Waals surface area contributed by atoms with Crippen molar-refractivity contribution in [3.63, 3.8) is 0 Å². The van der Waals surface area contributed by atoms with Crippen LogP contribution in [0.15, 0.2) is 0 Å². The van der Waals surface area contributed by atoms with Crippen LogP contribution in [0.4, 0.5) is 0 Å². The van der Waals surface area contributed by atoms with Gasteiger partial charge in [0, 0.05) is 25.9 Å². The summed E-state index contributed by atoms with van der Waals surface area (Å²) < 4.78 is 17.0. The molecular formula is C13H37N3O3Si3. The summed E-state index contributed by atoms with van der Waals surface area (Å²) >= 11 is 0. The lowest BCUT2D eigenvalue weighted by Gasteiger charge is -2.28. The summed E-state index contributed by atoms with van der Waals surface area (Å²) in [5.41, 5.74) is 5.48. The Bertz CT molecular complexity index is 245. The molecular weight excluding hydrogens is 330 g/mol. The van der Waals surface area contributed by atoms with Gasteiger partial charge in [-0.15, -0.1) is 0 Å². The Balaban J connectivity index is -0.000000372. The van der Waals surface area contributed by atoms with Crippen LogP contribution in [0.1, 0.15) is 27.2 Å². The molecule has 0 aromatic rings. The molecule has 0 rings (SSSR count). The third-order valence-electron chi connectivity index (χ3n) is 1.78. The molecule has 0 amide bonds. The first kappa shape index (κ1) is 27.0. The smallest absolute Gasteiger partial charge is 0.374 e. The second-order valence-corrected chi connectivity index (χ2v) is 11.6. The lowest BCUT2D eigenvalue weighted by molar-refractivity contribution is 0.0710. The van der Waals surface area contributed by atoms with Gasteiger partial charge in [-0.3, -0.25) is 0 Å². The second kappa shape index (κ2) is 19.1. The van der Waals surface area contributed by atoms with Gasteiger partial charge < -0.3 is 29.1 Å². The van der Waals surface area contributed by atoms with Crippen molar-refractivity contribution in [3.05, 3.63) is 0 Å². The van der Waals surface area contributed by atoms with Crippen molar-refractivity contribution < 1.29 is 13.3 Å². The van der Waals surface area contributed by atoms with Gasteiger partial charge in [-0.05, 0) is 59.9 Å². The molecule has 0 bridgehead atoms. The van der Waals surface area contributed by atoms with Crippen LogP contribution in [0, 0.1) is 10.1 Å². The SMILES string of the molecule is CCO[Si](CCCN)(OCC)OCC.C[Si](C)=N.C[Si](C)=N. The molecule has 0 heterocycles. The number of hydrogen-bond donors (Lipinski definition) is 3. The zero-order chi connectivity index (χ0) is 18.0. The van der Waals surface area contributed by atoms with E-state index in [4.69, 9.17) is 29.1 Å². The van der Waals surface area contributed by atoms with Crippen LogP contribution in [0.25, 0.3) is 0 Å². The van der Waals surface area contributed by atoms with Crippen LogP contribution in [0.5, 0.6) is 0 Å². The van der Waals surface area contributed by atoms with Crippen molar-refractivity contribution in [2.45, 2.75) is 59.4 Å². The van der Waals surface area contributed by atoms with E-state index >= 15 is 0 Å². The highest BCUT2D eigenvalue weighted by molar-refractivity contribution is 6.60. The van der Waals surface area contributed by atoms with Crippen LogP contribution in [-0.4, -0.2) is 52.3 Å². The fourth-order valence-electron chi connectivity index (χ4n) is 1.32. The van der Waals surface area contributed by atoms with E-state index in [1.807, 2.05) is 47.0 Å². The molecule has 0 saturated heterocycles. The van der Waals surface area contributed by atoms with E-state index in [-0.39, 0.29) is 0 Å². The molecule has 134 valence electrons. The molecule has 9 heteroatoms. The maximum Gasteiger partial charge on any atom is 0.500 e.